The molecule has 0 saturated heterocycles. The Balaban J connectivity index is 2.36. The van der Waals surface area contributed by atoms with Crippen molar-refractivity contribution in [3.8, 4) is 0 Å². The number of halogens is 1. The Morgan fingerprint density at radius 2 is 2.25 bits per heavy atom. The normalized spacial score (nSPS) is 10.1. The van der Waals surface area contributed by atoms with Gasteiger partial charge in [0.2, 0.25) is 11.8 Å². The van der Waals surface area contributed by atoms with Crippen LogP contribution in [-0.4, -0.2) is 21.4 Å². The number of benzene rings is 1. The molecule has 0 bridgehead atoms. The SMILES string of the molecule is CCNc1ncc([N+](=O)[O-])c(Nc2cccc(F)c2)n1. The zero-order chi connectivity index (χ0) is 14.5. The average Bonchev–Trinajstić information content (AvgIpc) is 2.39. The highest BCUT2D eigenvalue weighted by Gasteiger charge is 2.17. The third kappa shape index (κ3) is 3.16. The van der Waals surface area contributed by atoms with Crippen molar-refractivity contribution < 1.29 is 9.31 Å². The molecule has 2 rings (SSSR count). The molecule has 0 spiro atoms. The van der Waals surface area contributed by atoms with Gasteiger partial charge in [-0.15, -0.1) is 0 Å². The van der Waals surface area contributed by atoms with Crippen LogP contribution < -0.4 is 10.6 Å². The van der Waals surface area contributed by atoms with E-state index in [9.17, 15) is 14.5 Å². The summed E-state index contributed by atoms with van der Waals surface area (Å²) in [6, 6.07) is 5.58. The molecule has 1 aromatic carbocycles. The van der Waals surface area contributed by atoms with E-state index in [-0.39, 0.29) is 17.5 Å². The summed E-state index contributed by atoms with van der Waals surface area (Å²) in [6.07, 6.45) is 1.10. The number of hydrogen-bond acceptors (Lipinski definition) is 6. The van der Waals surface area contributed by atoms with Crippen LogP contribution in [0.25, 0.3) is 0 Å². The van der Waals surface area contributed by atoms with E-state index < -0.39 is 10.7 Å². The Morgan fingerprint density at radius 1 is 1.45 bits per heavy atom. The zero-order valence-electron chi connectivity index (χ0n) is 10.6. The summed E-state index contributed by atoms with van der Waals surface area (Å²) >= 11 is 0. The minimum Gasteiger partial charge on any atom is -0.354 e. The first-order valence-electron chi connectivity index (χ1n) is 5.88. The van der Waals surface area contributed by atoms with E-state index in [2.05, 4.69) is 20.6 Å². The molecular weight excluding hydrogens is 265 g/mol. The Hall–Kier alpha value is -2.77. The van der Waals surface area contributed by atoms with E-state index in [4.69, 9.17) is 0 Å². The van der Waals surface area contributed by atoms with Crippen molar-refractivity contribution in [2.45, 2.75) is 6.92 Å². The van der Waals surface area contributed by atoms with E-state index in [1.807, 2.05) is 6.92 Å². The van der Waals surface area contributed by atoms with E-state index in [1.54, 1.807) is 6.07 Å². The molecule has 20 heavy (non-hydrogen) atoms. The largest absolute Gasteiger partial charge is 0.354 e. The second-order valence-corrected chi connectivity index (χ2v) is 3.85. The maximum Gasteiger partial charge on any atom is 0.329 e. The average molecular weight is 277 g/mol. The second-order valence-electron chi connectivity index (χ2n) is 3.85. The molecule has 0 aliphatic rings. The monoisotopic (exact) mass is 277 g/mol. The minimum atomic E-state index is -0.600. The van der Waals surface area contributed by atoms with Crippen LogP contribution in [0.3, 0.4) is 0 Å². The van der Waals surface area contributed by atoms with Crippen molar-refractivity contribution in [2.24, 2.45) is 0 Å². The maximum absolute atomic E-state index is 13.1. The first-order valence-corrected chi connectivity index (χ1v) is 5.88. The van der Waals surface area contributed by atoms with Crippen LogP contribution in [0.4, 0.5) is 27.5 Å². The van der Waals surface area contributed by atoms with Gasteiger partial charge in [0.15, 0.2) is 0 Å². The Labute approximate surface area is 114 Å². The summed E-state index contributed by atoms with van der Waals surface area (Å²) in [6.45, 7) is 2.43. The highest BCUT2D eigenvalue weighted by Crippen LogP contribution is 2.25. The lowest BCUT2D eigenvalue weighted by atomic mass is 10.3. The van der Waals surface area contributed by atoms with Gasteiger partial charge >= 0.3 is 5.69 Å². The zero-order valence-corrected chi connectivity index (χ0v) is 10.6. The third-order valence-corrected chi connectivity index (χ3v) is 2.39. The van der Waals surface area contributed by atoms with Gasteiger partial charge in [0.25, 0.3) is 0 Å². The fourth-order valence-electron chi connectivity index (χ4n) is 1.55. The van der Waals surface area contributed by atoms with Crippen LogP contribution in [0.2, 0.25) is 0 Å². The van der Waals surface area contributed by atoms with Crippen LogP contribution >= 0.6 is 0 Å². The van der Waals surface area contributed by atoms with Gasteiger partial charge in [-0.1, -0.05) is 6.07 Å². The highest BCUT2D eigenvalue weighted by atomic mass is 19.1. The van der Waals surface area contributed by atoms with Gasteiger partial charge in [-0.3, -0.25) is 10.1 Å². The number of nitrogens with zero attached hydrogens (tertiary/aromatic N) is 3. The number of rotatable bonds is 5. The molecule has 8 heteroatoms. The molecule has 0 fully saturated rings. The fourth-order valence-corrected chi connectivity index (χ4v) is 1.55. The van der Waals surface area contributed by atoms with Crippen molar-refractivity contribution in [1.29, 1.82) is 0 Å². The van der Waals surface area contributed by atoms with Gasteiger partial charge in [-0.05, 0) is 25.1 Å². The fraction of sp³-hybridized carbons (Fsp3) is 0.167. The standard InChI is InChI=1S/C12H12FN5O2/c1-2-14-12-15-7-10(18(19)20)11(17-12)16-9-5-3-4-8(13)6-9/h3-7H,2H2,1H3,(H2,14,15,16,17). The first kappa shape index (κ1) is 13.7. The van der Waals surface area contributed by atoms with Crippen molar-refractivity contribution in [3.05, 3.63) is 46.4 Å². The second kappa shape index (κ2) is 5.91. The molecular formula is C12H12FN5O2. The molecule has 0 saturated carbocycles. The van der Waals surface area contributed by atoms with Gasteiger partial charge < -0.3 is 10.6 Å². The van der Waals surface area contributed by atoms with Crippen molar-refractivity contribution in [1.82, 2.24) is 9.97 Å². The molecule has 104 valence electrons. The summed E-state index contributed by atoms with van der Waals surface area (Å²) in [5, 5.41) is 16.5. The summed E-state index contributed by atoms with van der Waals surface area (Å²) in [4.78, 5) is 18.2. The van der Waals surface area contributed by atoms with Gasteiger partial charge in [-0.2, -0.15) is 4.98 Å². The van der Waals surface area contributed by atoms with Crippen LogP contribution in [0.15, 0.2) is 30.5 Å². The van der Waals surface area contributed by atoms with E-state index >= 15 is 0 Å². The number of hydrogen-bond donors (Lipinski definition) is 2. The van der Waals surface area contributed by atoms with Crippen LogP contribution in [0.1, 0.15) is 6.92 Å². The molecule has 0 aliphatic carbocycles. The molecule has 2 N–H and O–H groups in total. The van der Waals surface area contributed by atoms with E-state index in [1.165, 1.54) is 18.2 Å². The van der Waals surface area contributed by atoms with Gasteiger partial charge in [0.05, 0.1) is 4.92 Å². The minimum absolute atomic E-state index is 0.00606. The Kier molecular flexibility index (Phi) is 4.04. The summed E-state index contributed by atoms with van der Waals surface area (Å²) in [5.74, 6) is -0.179. The van der Waals surface area contributed by atoms with Crippen molar-refractivity contribution in [2.75, 3.05) is 17.2 Å². The lowest BCUT2D eigenvalue weighted by Gasteiger charge is -2.08. The van der Waals surface area contributed by atoms with Crippen LogP contribution in [0, 0.1) is 15.9 Å². The van der Waals surface area contributed by atoms with Gasteiger partial charge in [0, 0.05) is 12.2 Å². The predicted molar refractivity (Wildman–Crippen MR) is 72.5 cm³/mol. The molecule has 0 unspecified atom stereocenters. The molecule has 1 aromatic heterocycles. The lowest BCUT2D eigenvalue weighted by Crippen LogP contribution is -2.06. The number of nitro groups is 1. The summed E-state index contributed by atoms with van der Waals surface area (Å²) < 4.78 is 13.1. The first-order chi connectivity index (χ1) is 9.60. The third-order valence-electron chi connectivity index (χ3n) is 2.39. The van der Waals surface area contributed by atoms with E-state index in [0.29, 0.717) is 12.2 Å². The summed E-state index contributed by atoms with van der Waals surface area (Å²) in [5.41, 5.74) is 0.0881. The number of aromatic nitrogens is 2. The Morgan fingerprint density at radius 3 is 2.90 bits per heavy atom. The van der Waals surface area contributed by atoms with Gasteiger partial charge in [0.1, 0.15) is 12.0 Å². The molecule has 0 radical (unpaired) electrons. The maximum atomic E-state index is 13.1. The predicted octanol–water partition coefficient (Wildman–Crippen LogP) is 2.70. The molecule has 0 atom stereocenters. The molecule has 1 heterocycles. The van der Waals surface area contributed by atoms with Gasteiger partial charge in [-0.25, -0.2) is 9.37 Å². The summed E-state index contributed by atoms with van der Waals surface area (Å²) in [7, 11) is 0. The smallest absolute Gasteiger partial charge is 0.329 e. The quantitative estimate of drug-likeness (QED) is 0.644. The Bertz CT molecular complexity index is 635. The number of nitrogens with one attached hydrogen (secondary N) is 2. The van der Waals surface area contributed by atoms with E-state index in [0.717, 1.165) is 6.20 Å². The topological polar surface area (TPSA) is 93.0 Å². The van der Waals surface area contributed by atoms with Crippen LogP contribution in [-0.2, 0) is 0 Å². The van der Waals surface area contributed by atoms with Crippen molar-refractivity contribution in [3.63, 3.8) is 0 Å². The molecule has 7 nitrogen and oxygen atoms in total. The van der Waals surface area contributed by atoms with Crippen molar-refractivity contribution >= 4 is 23.1 Å². The molecule has 0 aliphatic heterocycles. The van der Waals surface area contributed by atoms with Crippen LogP contribution in [0.5, 0.6) is 0 Å². The molecule has 0 amide bonds. The molecule has 2 aromatic rings. The number of anilines is 3. The highest BCUT2D eigenvalue weighted by molar-refractivity contribution is 5.65. The lowest BCUT2D eigenvalue weighted by molar-refractivity contribution is -0.384.